The SMILES string of the molecule is Cc1ccc(-c2cc(-c3ccccc3Cl)c(C#N)c(SCc3c(F)cccc3Cl)n2)cc1. The number of aryl methyl sites for hydroxylation is 1. The van der Waals surface area contributed by atoms with Crippen molar-refractivity contribution < 1.29 is 4.39 Å². The second-order valence-electron chi connectivity index (χ2n) is 7.18. The normalized spacial score (nSPS) is 10.7. The molecule has 1 aromatic heterocycles. The third kappa shape index (κ3) is 4.66. The number of aromatic nitrogens is 1. The van der Waals surface area contributed by atoms with Crippen molar-refractivity contribution in [2.45, 2.75) is 17.7 Å². The summed E-state index contributed by atoms with van der Waals surface area (Å²) in [5, 5.41) is 11.4. The molecule has 0 unspecified atom stereocenters. The molecule has 0 fully saturated rings. The van der Waals surface area contributed by atoms with Crippen molar-refractivity contribution in [3.05, 3.63) is 105 Å². The number of benzene rings is 3. The van der Waals surface area contributed by atoms with Gasteiger partial charge in [0.1, 0.15) is 16.9 Å². The lowest BCUT2D eigenvalue weighted by atomic mass is 9.99. The van der Waals surface area contributed by atoms with Gasteiger partial charge in [0.25, 0.3) is 0 Å². The molecule has 0 spiro atoms. The van der Waals surface area contributed by atoms with Crippen molar-refractivity contribution in [2.75, 3.05) is 0 Å². The molecular weight excluding hydrogens is 462 g/mol. The molecular formula is C26H17Cl2FN2S. The van der Waals surface area contributed by atoms with E-state index in [0.29, 0.717) is 37.5 Å². The zero-order valence-corrected chi connectivity index (χ0v) is 19.4. The molecule has 2 nitrogen and oxygen atoms in total. The lowest BCUT2D eigenvalue weighted by Gasteiger charge is -2.14. The number of pyridine rings is 1. The lowest BCUT2D eigenvalue weighted by Crippen LogP contribution is -1.97. The van der Waals surface area contributed by atoms with Crippen LogP contribution in [0.15, 0.2) is 77.8 Å². The molecule has 3 aromatic carbocycles. The number of nitrogens with zero attached hydrogens (tertiary/aromatic N) is 2. The average Bonchev–Trinajstić information content (AvgIpc) is 2.79. The summed E-state index contributed by atoms with van der Waals surface area (Å²) in [6.45, 7) is 2.02. The van der Waals surface area contributed by atoms with Crippen molar-refractivity contribution >= 4 is 35.0 Å². The second kappa shape index (κ2) is 9.75. The Morgan fingerprint density at radius 3 is 2.34 bits per heavy atom. The predicted molar refractivity (Wildman–Crippen MR) is 131 cm³/mol. The van der Waals surface area contributed by atoms with Crippen LogP contribution in [0.4, 0.5) is 4.39 Å². The van der Waals surface area contributed by atoms with Gasteiger partial charge in [0.15, 0.2) is 0 Å². The van der Waals surface area contributed by atoms with Gasteiger partial charge < -0.3 is 0 Å². The molecule has 0 aliphatic carbocycles. The van der Waals surface area contributed by atoms with Gasteiger partial charge in [-0.15, -0.1) is 11.8 Å². The molecule has 0 atom stereocenters. The Kier molecular flexibility index (Phi) is 6.81. The summed E-state index contributed by atoms with van der Waals surface area (Å²) in [7, 11) is 0. The summed E-state index contributed by atoms with van der Waals surface area (Å²) in [6.07, 6.45) is 0. The van der Waals surface area contributed by atoms with E-state index in [4.69, 9.17) is 28.2 Å². The minimum Gasteiger partial charge on any atom is -0.240 e. The quantitative estimate of drug-likeness (QED) is 0.270. The summed E-state index contributed by atoms with van der Waals surface area (Å²) < 4.78 is 14.3. The highest BCUT2D eigenvalue weighted by Crippen LogP contribution is 2.38. The highest BCUT2D eigenvalue weighted by molar-refractivity contribution is 7.98. The van der Waals surface area contributed by atoms with E-state index in [1.165, 1.54) is 17.8 Å². The molecule has 0 saturated carbocycles. The van der Waals surface area contributed by atoms with Crippen molar-refractivity contribution in [1.29, 1.82) is 5.26 Å². The molecule has 0 radical (unpaired) electrons. The van der Waals surface area contributed by atoms with Crippen LogP contribution in [0.1, 0.15) is 16.7 Å². The molecule has 0 N–H and O–H groups in total. The van der Waals surface area contributed by atoms with Gasteiger partial charge in [0.2, 0.25) is 0 Å². The first-order chi connectivity index (χ1) is 15.5. The van der Waals surface area contributed by atoms with Crippen LogP contribution in [0, 0.1) is 24.1 Å². The Morgan fingerprint density at radius 2 is 1.66 bits per heavy atom. The number of halogens is 3. The Hall–Kier alpha value is -2.84. The average molecular weight is 479 g/mol. The first-order valence-electron chi connectivity index (χ1n) is 9.80. The van der Waals surface area contributed by atoms with E-state index in [1.54, 1.807) is 18.2 Å². The van der Waals surface area contributed by atoms with Gasteiger partial charge in [0.05, 0.1) is 11.3 Å². The van der Waals surface area contributed by atoms with Crippen LogP contribution in [0.3, 0.4) is 0 Å². The van der Waals surface area contributed by atoms with Crippen LogP contribution in [0.25, 0.3) is 22.4 Å². The minimum atomic E-state index is -0.385. The third-order valence-electron chi connectivity index (χ3n) is 5.02. The maximum atomic E-state index is 14.3. The van der Waals surface area contributed by atoms with E-state index in [-0.39, 0.29) is 11.6 Å². The summed E-state index contributed by atoms with van der Waals surface area (Å²) in [5.41, 5.74) is 4.96. The number of nitriles is 1. The zero-order chi connectivity index (χ0) is 22.7. The maximum absolute atomic E-state index is 14.3. The molecule has 1 heterocycles. The van der Waals surface area contributed by atoms with Gasteiger partial charge >= 0.3 is 0 Å². The molecule has 0 amide bonds. The largest absolute Gasteiger partial charge is 0.240 e. The maximum Gasteiger partial charge on any atom is 0.128 e. The van der Waals surface area contributed by atoms with E-state index in [9.17, 15) is 9.65 Å². The Balaban J connectivity index is 1.86. The molecule has 0 aliphatic rings. The second-order valence-corrected chi connectivity index (χ2v) is 8.96. The molecule has 32 heavy (non-hydrogen) atoms. The number of thioether (sulfide) groups is 1. The minimum absolute atomic E-state index is 0.243. The highest BCUT2D eigenvalue weighted by Gasteiger charge is 2.18. The van der Waals surface area contributed by atoms with E-state index in [2.05, 4.69) is 6.07 Å². The summed E-state index contributed by atoms with van der Waals surface area (Å²) in [4.78, 5) is 4.77. The smallest absolute Gasteiger partial charge is 0.128 e. The van der Waals surface area contributed by atoms with Crippen molar-refractivity contribution in [3.8, 4) is 28.5 Å². The Bertz CT molecular complexity index is 1310. The van der Waals surface area contributed by atoms with E-state index < -0.39 is 0 Å². The number of hydrogen-bond acceptors (Lipinski definition) is 3. The van der Waals surface area contributed by atoms with Gasteiger partial charge in [-0.3, -0.25) is 0 Å². The van der Waals surface area contributed by atoms with E-state index in [0.717, 1.165) is 16.7 Å². The molecule has 4 aromatic rings. The topological polar surface area (TPSA) is 36.7 Å². The summed E-state index contributed by atoms with van der Waals surface area (Å²) in [5.74, 6) is -0.142. The van der Waals surface area contributed by atoms with E-state index >= 15 is 0 Å². The number of rotatable bonds is 5. The highest BCUT2D eigenvalue weighted by atomic mass is 35.5. The molecule has 0 aliphatic heterocycles. The van der Waals surface area contributed by atoms with Crippen LogP contribution in [-0.4, -0.2) is 4.98 Å². The van der Waals surface area contributed by atoms with Gasteiger partial charge in [-0.05, 0) is 31.2 Å². The first kappa shape index (κ1) is 22.4. The summed E-state index contributed by atoms with van der Waals surface area (Å²) in [6, 6.07) is 24.1. The predicted octanol–water partition coefficient (Wildman–Crippen LogP) is 8.33. The fourth-order valence-corrected chi connectivity index (χ4v) is 4.89. The van der Waals surface area contributed by atoms with Crippen molar-refractivity contribution in [2.24, 2.45) is 0 Å². The lowest BCUT2D eigenvalue weighted by molar-refractivity contribution is 0.617. The van der Waals surface area contributed by atoms with Crippen LogP contribution in [0.5, 0.6) is 0 Å². The fraction of sp³-hybridized carbons (Fsp3) is 0.0769. The van der Waals surface area contributed by atoms with Crippen LogP contribution in [0.2, 0.25) is 10.0 Å². The van der Waals surface area contributed by atoms with Gasteiger partial charge in [-0.1, -0.05) is 77.3 Å². The van der Waals surface area contributed by atoms with Crippen molar-refractivity contribution in [3.63, 3.8) is 0 Å². The fourth-order valence-electron chi connectivity index (χ4n) is 3.31. The van der Waals surface area contributed by atoms with Gasteiger partial charge in [0, 0.05) is 38.1 Å². The van der Waals surface area contributed by atoms with Crippen LogP contribution in [-0.2, 0) is 5.75 Å². The molecule has 0 bridgehead atoms. The van der Waals surface area contributed by atoms with Crippen LogP contribution < -0.4 is 0 Å². The molecule has 4 rings (SSSR count). The monoisotopic (exact) mass is 478 g/mol. The van der Waals surface area contributed by atoms with Gasteiger partial charge in [-0.2, -0.15) is 5.26 Å². The number of hydrogen-bond donors (Lipinski definition) is 0. The van der Waals surface area contributed by atoms with Gasteiger partial charge in [-0.25, -0.2) is 9.37 Å². The Morgan fingerprint density at radius 1 is 0.938 bits per heavy atom. The van der Waals surface area contributed by atoms with E-state index in [1.807, 2.05) is 55.5 Å². The molecule has 158 valence electrons. The summed E-state index contributed by atoms with van der Waals surface area (Å²) >= 11 is 14.0. The molecule has 0 saturated heterocycles. The van der Waals surface area contributed by atoms with Crippen molar-refractivity contribution in [1.82, 2.24) is 4.98 Å². The van der Waals surface area contributed by atoms with Crippen LogP contribution >= 0.6 is 35.0 Å². The first-order valence-corrected chi connectivity index (χ1v) is 11.5. The molecule has 6 heteroatoms. The third-order valence-corrected chi connectivity index (χ3v) is 6.71. The standard InChI is InChI=1S/C26H17Cl2FN2S/c1-16-9-11-17(12-10-16)25-13-19(18-5-2-3-6-22(18)27)20(14-30)26(31-25)32-15-21-23(28)7-4-8-24(21)29/h2-13H,15H2,1H3. The zero-order valence-electron chi connectivity index (χ0n) is 17.1. The Labute approximate surface area is 200 Å².